The van der Waals surface area contributed by atoms with Gasteiger partial charge < -0.3 is 0 Å². The summed E-state index contributed by atoms with van der Waals surface area (Å²) in [5, 5.41) is 11.8. The number of benzene rings is 2. The summed E-state index contributed by atoms with van der Waals surface area (Å²) in [5.41, 5.74) is 1.22. The van der Waals surface area contributed by atoms with Gasteiger partial charge in [0.15, 0.2) is 0 Å². The molecule has 0 amide bonds. The Labute approximate surface area is 118 Å². The van der Waals surface area contributed by atoms with E-state index in [-0.39, 0.29) is 10.7 Å². The fourth-order valence-corrected chi connectivity index (χ4v) is 2.19. The Morgan fingerprint density at radius 3 is 2.28 bits per heavy atom. The summed E-state index contributed by atoms with van der Waals surface area (Å²) in [6.45, 7) is 0. The highest BCUT2D eigenvalue weighted by atomic mass is 35.5. The van der Waals surface area contributed by atoms with E-state index in [0.29, 0.717) is 21.2 Å². The SMILES string of the molecule is O=[N+]([O-])c1ccc(-c2cc(Cl)ccc2Cl)cc1Cl. The monoisotopic (exact) mass is 301 g/mol. The maximum atomic E-state index is 10.7. The number of hydrogen-bond donors (Lipinski definition) is 0. The zero-order chi connectivity index (χ0) is 13.3. The summed E-state index contributed by atoms with van der Waals surface area (Å²) in [4.78, 5) is 10.1. The number of halogens is 3. The Kier molecular flexibility index (Phi) is 3.76. The predicted molar refractivity (Wildman–Crippen MR) is 73.6 cm³/mol. The smallest absolute Gasteiger partial charge is 0.258 e. The largest absolute Gasteiger partial charge is 0.287 e. The van der Waals surface area contributed by atoms with Gasteiger partial charge in [-0.2, -0.15) is 0 Å². The molecule has 0 radical (unpaired) electrons. The van der Waals surface area contributed by atoms with Gasteiger partial charge in [-0.25, -0.2) is 0 Å². The standard InChI is InChI=1S/C12H6Cl3NO2/c13-8-2-3-10(14)9(6-8)7-1-4-12(16(17)18)11(15)5-7/h1-6H. The van der Waals surface area contributed by atoms with Crippen molar-refractivity contribution in [2.24, 2.45) is 0 Å². The van der Waals surface area contributed by atoms with E-state index in [9.17, 15) is 10.1 Å². The molecule has 0 N–H and O–H groups in total. The minimum atomic E-state index is -0.536. The van der Waals surface area contributed by atoms with Gasteiger partial charge in [0.1, 0.15) is 5.02 Å². The van der Waals surface area contributed by atoms with Crippen molar-refractivity contribution in [1.29, 1.82) is 0 Å². The Morgan fingerprint density at radius 2 is 1.67 bits per heavy atom. The summed E-state index contributed by atoms with van der Waals surface area (Å²) in [7, 11) is 0. The van der Waals surface area contributed by atoms with E-state index in [1.165, 1.54) is 12.1 Å². The minimum Gasteiger partial charge on any atom is -0.258 e. The molecule has 0 atom stereocenters. The first kappa shape index (κ1) is 13.1. The van der Waals surface area contributed by atoms with Crippen LogP contribution in [0.4, 0.5) is 5.69 Å². The van der Waals surface area contributed by atoms with Gasteiger partial charge in [-0.05, 0) is 35.9 Å². The topological polar surface area (TPSA) is 43.1 Å². The van der Waals surface area contributed by atoms with Gasteiger partial charge in [0, 0.05) is 21.7 Å². The Balaban J connectivity index is 2.55. The Bertz CT molecular complexity index is 629. The van der Waals surface area contributed by atoms with Crippen molar-refractivity contribution < 1.29 is 4.92 Å². The van der Waals surface area contributed by atoms with E-state index in [4.69, 9.17) is 34.8 Å². The highest BCUT2D eigenvalue weighted by molar-refractivity contribution is 6.36. The highest BCUT2D eigenvalue weighted by Gasteiger charge is 2.14. The molecule has 0 unspecified atom stereocenters. The van der Waals surface area contributed by atoms with Crippen LogP contribution in [0.2, 0.25) is 15.1 Å². The van der Waals surface area contributed by atoms with Crippen molar-refractivity contribution in [3.63, 3.8) is 0 Å². The van der Waals surface area contributed by atoms with E-state index in [0.717, 1.165) is 0 Å². The molecule has 0 aliphatic carbocycles. The quantitative estimate of drug-likeness (QED) is 0.563. The van der Waals surface area contributed by atoms with Crippen LogP contribution in [0.3, 0.4) is 0 Å². The lowest BCUT2D eigenvalue weighted by Gasteiger charge is -2.06. The lowest BCUT2D eigenvalue weighted by Crippen LogP contribution is -1.89. The normalized spacial score (nSPS) is 10.4. The molecule has 0 bridgehead atoms. The van der Waals surface area contributed by atoms with Crippen molar-refractivity contribution >= 4 is 40.5 Å². The lowest BCUT2D eigenvalue weighted by molar-refractivity contribution is -0.384. The van der Waals surface area contributed by atoms with Crippen LogP contribution in [0.15, 0.2) is 36.4 Å². The third-order valence-electron chi connectivity index (χ3n) is 2.38. The van der Waals surface area contributed by atoms with Gasteiger partial charge in [0.25, 0.3) is 5.69 Å². The molecule has 0 fully saturated rings. The van der Waals surface area contributed by atoms with Crippen LogP contribution in [0.1, 0.15) is 0 Å². The van der Waals surface area contributed by atoms with Crippen molar-refractivity contribution in [1.82, 2.24) is 0 Å². The van der Waals surface area contributed by atoms with Crippen LogP contribution in [0.25, 0.3) is 11.1 Å². The van der Waals surface area contributed by atoms with Crippen molar-refractivity contribution in [2.45, 2.75) is 0 Å². The fraction of sp³-hybridized carbons (Fsp3) is 0. The summed E-state index contributed by atoms with van der Waals surface area (Å²) < 4.78 is 0. The molecule has 0 saturated heterocycles. The number of hydrogen-bond acceptors (Lipinski definition) is 2. The highest BCUT2D eigenvalue weighted by Crippen LogP contribution is 2.34. The minimum absolute atomic E-state index is 0.0635. The van der Waals surface area contributed by atoms with Crippen molar-refractivity contribution in [2.75, 3.05) is 0 Å². The first-order valence-electron chi connectivity index (χ1n) is 4.88. The van der Waals surface area contributed by atoms with Crippen LogP contribution < -0.4 is 0 Å². The van der Waals surface area contributed by atoms with Gasteiger partial charge in [-0.3, -0.25) is 10.1 Å². The molecule has 18 heavy (non-hydrogen) atoms. The maximum absolute atomic E-state index is 10.7. The number of nitro groups is 1. The number of nitrogens with zero attached hydrogens (tertiary/aromatic N) is 1. The molecule has 92 valence electrons. The van der Waals surface area contributed by atoms with Crippen molar-refractivity contribution in [3.05, 3.63) is 61.6 Å². The molecular weight excluding hydrogens is 296 g/mol. The van der Waals surface area contributed by atoms with E-state index in [1.807, 2.05) is 0 Å². The Hall–Kier alpha value is -1.29. The molecule has 6 heteroatoms. The fourth-order valence-electron chi connectivity index (χ4n) is 1.54. The second-order valence-electron chi connectivity index (χ2n) is 3.55. The summed E-state index contributed by atoms with van der Waals surface area (Å²) in [5.74, 6) is 0. The number of rotatable bonds is 2. The van der Waals surface area contributed by atoms with E-state index in [2.05, 4.69) is 0 Å². The summed E-state index contributed by atoms with van der Waals surface area (Å²) >= 11 is 17.8. The lowest BCUT2D eigenvalue weighted by atomic mass is 10.1. The van der Waals surface area contributed by atoms with E-state index < -0.39 is 4.92 Å². The molecule has 3 nitrogen and oxygen atoms in total. The zero-order valence-corrected chi connectivity index (χ0v) is 11.1. The van der Waals surface area contributed by atoms with Gasteiger partial charge in [-0.15, -0.1) is 0 Å². The molecule has 0 heterocycles. The molecule has 0 aliphatic heterocycles. The van der Waals surface area contributed by atoms with Gasteiger partial charge >= 0.3 is 0 Å². The van der Waals surface area contributed by atoms with E-state index in [1.54, 1.807) is 24.3 Å². The average Bonchev–Trinajstić information content (AvgIpc) is 2.31. The molecule has 0 aliphatic rings. The first-order valence-corrected chi connectivity index (χ1v) is 6.02. The molecule has 2 aromatic carbocycles. The Morgan fingerprint density at radius 1 is 0.944 bits per heavy atom. The molecule has 2 rings (SSSR count). The van der Waals surface area contributed by atoms with Crippen LogP contribution in [-0.4, -0.2) is 4.92 Å². The maximum Gasteiger partial charge on any atom is 0.287 e. The molecule has 0 saturated carbocycles. The van der Waals surface area contributed by atoms with Gasteiger partial charge in [0.05, 0.1) is 4.92 Å². The molecular formula is C12H6Cl3NO2. The summed E-state index contributed by atoms with van der Waals surface area (Å²) in [6.07, 6.45) is 0. The van der Waals surface area contributed by atoms with Crippen LogP contribution in [-0.2, 0) is 0 Å². The van der Waals surface area contributed by atoms with Crippen LogP contribution >= 0.6 is 34.8 Å². The zero-order valence-electron chi connectivity index (χ0n) is 8.86. The molecule has 2 aromatic rings. The third kappa shape index (κ3) is 2.58. The first-order chi connectivity index (χ1) is 8.49. The van der Waals surface area contributed by atoms with Crippen molar-refractivity contribution in [3.8, 4) is 11.1 Å². The predicted octanol–water partition coefficient (Wildman–Crippen LogP) is 5.22. The third-order valence-corrected chi connectivity index (χ3v) is 3.25. The number of nitro benzene ring substituents is 1. The van der Waals surface area contributed by atoms with Gasteiger partial charge in [-0.1, -0.05) is 34.8 Å². The summed E-state index contributed by atoms with van der Waals surface area (Å²) in [6, 6.07) is 9.43. The van der Waals surface area contributed by atoms with Crippen LogP contribution in [0, 0.1) is 10.1 Å². The molecule has 0 aromatic heterocycles. The van der Waals surface area contributed by atoms with Crippen LogP contribution in [0.5, 0.6) is 0 Å². The van der Waals surface area contributed by atoms with E-state index >= 15 is 0 Å². The van der Waals surface area contributed by atoms with Gasteiger partial charge in [0.2, 0.25) is 0 Å². The second-order valence-corrected chi connectivity index (χ2v) is 4.80. The second kappa shape index (κ2) is 5.14. The molecule has 0 spiro atoms. The average molecular weight is 303 g/mol.